The molecule has 2 aromatic heterocycles. The maximum absolute atomic E-state index is 12.4. The molecule has 0 bridgehead atoms. The summed E-state index contributed by atoms with van der Waals surface area (Å²) in [6.45, 7) is 3.69. The maximum atomic E-state index is 12.4. The van der Waals surface area contributed by atoms with Gasteiger partial charge in [-0.05, 0) is 44.7 Å². The molecular formula is C17H24N6O. The molecule has 7 heteroatoms. The first kappa shape index (κ1) is 15.4. The Labute approximate surface area is 141 Å². The molecule has 1 amide bonds. The van der Waals surface area contributed by atoms with E-state index in [4.69, 9.17) is 0 Å². The SMILES string of the molecule is Cc1nnc2ccc(N3CCCC(NC(=O)C4CCCC4)C3)nn12. The highest BCUT2D eigenvalue weighted by Crippen LogP contribution is 2.25. The van der Waals surface area contributed by atoms with E-state index in [0.29, 0.717) is 0 Å². The highest BCUT2D eigenvalue weighted by Gasteiger charge is 2.27. The van der Waals surface area contributed by atoms with Crippen molar-refractivity contribution in [2.75, 3.05) is 18.0 Å². The minimum atomic E-state index is 0.214. The van der Waals surface area contributed by atoms with E-state index in [0.717, 1.165) is 56.1 Å². The monoisotopic (exact) mass is 328 g/mol. The van der Waals surface area contributed by atoms with Crippen LogP contribution >= 0.6 is 0 Å². The topological polar surface area (TPSA) is 75.4 Å². The second-order valence-corrected chi connectivity index (χ2v) is 6.98. The van der Waals surface area contributed by atoms with E-state index >= 15 is 0 Å². The van der Waals surface area contributed by atoms with Crippen LogP contribution in [0.1, 0.15) is 44.3 Å². The van der Waals surface area contributed by atoms with Crippen LogP contribution in [0.4, 0.5) is 5.82 Å². The van der Waals surface area contributed by atoms with Crippen LogP contribution in [0.3, 0.4) is 0 Å². The molecule has 1 saturated heterocycles. The van der Waals surface area contributed by atoms with Gasteiger partial charge in [-0.25, -0.2) is 0 Å². The number of aromatic nitrogens is 4. The third kappa shape index (κ3) is 2.95. The minimum absolute atomic E-state index is 0.214. The van der Waals surface area contributed by atoms with Crippen LogP contribution in [0, 0.1) is 12.8 Å². The molecule has 2 aromatic rings. The van der Waals surface area contributed by atoms with Gasteiger partial charge in [0.15, 0.2) is 11.5 Å². The molecular weight excluding hydrogens is 304 g/mol. The Morgan fingerprint density at radius 1 is 1.17 bits per heavy atom. The zero-order chi connectivity index (χ0) is 16.5. The number of carbonyl (C=O) groups is 1. The number of piperidine rings is 1. The largest absolute Gasteiger partial charge is 0.353 e. The van der Waals surface area contributed by atoms with Crippen LogP contribution < -0.4 is 10.2 Å². The number of fused-ring (bicyclic) bond motifs is 1. The summed E-state index contributed by atoms with van der Waals surface area (Å²) in [5, 5.41) is 16.1. The van der Waals surface area contributed by atoms with Gasteiger partial charge < -0.3 is 10.2 Å². The van der Waals surface area contributed by atoms with Crippen LogP contribution in [0.2, 0.25) is 0 Å². The summed E-state index contributed by atoms with van der Waals surface area (Å²) in [6.07, 6.45) is 6.59. The molecule has 3 heterocycles. The van der Waals surface area contributed by atoms with Crippen molar-refractivity contribution in [1.82, 2.24) is 25.1 Å². The molecule has 128 valence electrons. The number of aryl methyl sites for hydroxylation is 1. The fraction of sp³-hybridized carbons (Fsp3) is 0.647. The van der Waals surface area contributed by atoms with Gasteiger partial charge in [0, 0.05) is 25.0 Å². The van der Waals surface area contributed by atoms with Crippen molar-refractivity contribution in [2.24, 2.45) is 5.92 Å². The van der Waals surface area contributed by atoms with Crippen LogP contribution in [-0.4, -0.2) is 44.8 Å². The first-order valence-electron chi connectivity index (χ1n) is 8.95. The molecule has 4 rings (SSSR count). The molecule has 2 aliphatic rings. The van der Waals surface area contributed by atoms with E-state index in [1.807, 2.05) is 19.1 Å². The molecule has 1 saturated carbocycles. The van der Waals surface area contributed by atoms with Gasteiger partial charge in [-0.3, -0.25) is 4.79 Å². The van der Waals surface area contributed by atoms with Crippen LogP contribution in [0.15, 0.2) is 12.1 Å². The molecule has 0 aromatic carbocycles. The first-order chi connectivity index (χ1) is 11.7. The van der Waals surface area contributed by atoms with Gasteiger partial charge in [-0.15, -0.1) is 15.3 Å². The van der Waals surface area contributed by atoms with Gasteiger partial charge in [0.05, 0.1) is 0 Å². The Balaban J connectivity index is 1.45. The third-order valence-electron chi connectivity index (χ3n) is 5.22. The predicted octanol–water partition coefficient (Wildman–Crippen LogP) is 1.71. The number of hydrogen-bond acceptors (Lipinski definition) is 5. The standard InChI is InChI=1S/C17H24N6O/c1-12-19-20-15-8-9-16(21-23(12)15)22-10-4-7-14(11-22)18-17(24)13-5-2-3-6-13/h8-9,13-14H,2-7,10-11H2,1H3,(H,18,24). The number of amides is 1. The van der Waals surface area contributed by atoms with Gasteiger partial charge >= 0.3 is 0 Å². The summed E-state index contributed by atoms with van der Waals surface area (Å²) < 4.78 is 1.77. The minimum Gasteiger partial charge on any atom is -0.353 e. The van der Waals surface area contributed by atoms with Crippen molar-refractivity contribution < 1.29 is 4.79 Å². The van der Waals surface area contributed by atoms with Crippen molar-refractivity contribution >= 4 is 17.4 Å². The number of nitrogens with one attached hydrogen (secondary N) is 1. The van der Waals surface area contributed by atoms with Gasteiger partial charge in [0.1, 0.15) is 5.82 Å². The van der Waals surface area contributed by atoms with E-state index in [1.54, 1.807) is 4.52 Å². The van der Waals surface area contributed by atoms with E-state index in [2.05, 4.69) is 25.5 Å². The Bertz CT molecular complexity index is 736. The molecule has 0 radical (unpaired) electrons. The molecule has 1 aliphatic carbocycles. The van der Waals surface area contributed by atoms with E-state index in [9.17, 15) is 4.79 Å². The smallest absolute Gasteiger partial charge is 0.223 e. The lowest BCUT2D eigenvalue weighted by Crippen LogP contribution is -2.49. The average molecular weight is 328 g/mol. The van der Waals surface area contributed by atoms with Crippen LogP contribution in [0.5, 0.6) is 0 Å². The number of rotatable bonds is 3. The molecule has 1 atom stereocenters. The number of nitrogens with zero attached hydrogens (tertiary/aromatic N) is 5. The lowest BCUT2D eigenvalue weighted by molar-refractivity contribution is -0.125. The lowest BCUT2D eigenvalue weighted by Gasteiger charge is -2.34. The Kier molecular flexibility index (Phi) is 4.08. The summed E-state index contributed by atoms with van der Waals surface area (Å²) in [5.74, 6) is 2.19. The fourth-order valence-corrected chi connectivity index (χ4v) is 3.87. The van der Waals surface area contributed by atoms with Gasteiger partial charge in [0.25, 0.3) is 0 Å². The number of carbonyl (C=O) groups excluding carboxylic acids is 1. The summed E-state index contributed by atoms with van der Waals surface area (Å²) in [7, 11) is 0. The molecule has 1 unspecified atom stereocenters. The van der Waals surface area contributed by atoms with Gasteiger partial charge in [0.2, 0.25) is 5.91 Å². The van der Waals surface area contributed by atoms with E-state index < -0.39 is 0 Å². The molecule has 2 fully saturated rings. The maximum Gasteiger partial charge on any atom is 0.223 e. The lowest BCUT2D eigenvalue weighted by atomic mass is 10.0. The van der Waals surface area contributed by atoms with Crippen LogP contribution in [0.25, 0.3) is 5.65 Å². The van der Waals surface area contributed by atoms with E-state index in [-0.39, 0.29) is 17.9 Å². The normalized spacial score (nSPS) is 22.2. The Morgan fingerprint density at radius 3 is 2.83 bits per heavy atom. The molecule has 7 nitrogen and oxygen atoms in total. The summed E-state index contributed by atoms with van der Waals surface area (Å²) in [5.41, 5.74) is 0.763. The van der Waals surface area contributed by atoms with Crippen molar-refractivity contribution in [1.29, 1.82) is 0 Å². The van der Waals surface area contributed by atoms with Crippen molar-refractivity contribution in [3.05, 3.63) is 18.0 Å². The van der Waals surface area contributed by atoms with Crippen molar-refractivity contribution in [2.45, 2.75) is 51.5 Å². The van der Waals surface area contributed by atoms with Gasteiger partial charge in [-0.2, -0.15) is 4.52 Å². The second-order valence-electron chi connectivity index (χ2n) is 6.98. The van der Waals surface area contributed by atoms with Gasteiger partial charge in [-0.1, -0.05) is 12.8 Å². The Hall–Kier alpha value is -2.18. The van der Waals surface area contributed by atoms with Crippen LogP contribution in [-0.2, 0) is 4.79 Å². The van der Waals surface area contributed by atoms with Crippen molar-refractivity contribution in [3.8, 4) is 0 Å². The summed E-state index contributed by atoms with van der Waals surface area (Å²) >= 11 is 0. The zero-order valence-electron chi connectivity index (χ0n) is 14.1. The quantitative estimate of drug-likeness (QED) is 0.928. The molecule has 1 aliphatic heterocycles. The number of anilines is 1. The zero-order valence-corrected chi connectivity index (χ0v) is 14.1. The van der Waals surface area contributed by atoms with E-state index in [1.165, 1.54) is 12.8 Å². The summed E-state index contributed by atoms with van der Waals surface area (Å²) in [6, 6.07) is 4.15. The first-order valence-corrected chi connectivity index (χ1v) is 8.95. The highest BCUT2D eigenvalue weighted by atomic mass is 16.2. The number of hydrogen-bond donors (Lipinski definition) is 1. The Morgan fingerprint density at radius 2 is 2.00 bits per heavy atom. The molecule has 24 heavy (non-hydrogen) atoms. The highest BCUT2D eigenvalue weighted by molar-refractivity contribution is 5.79. The average Bonchev–Trinajstić information content (AvgIpc) is 3.25. The second kappa shape index (κ2) is 6.37. The third-order valence-corrected chi connectivity index (χ3v) is 5.22. The summed E-state index contributed by atoms with van der Waals surface area (Å²) in [4.78, 5) is 14.6. The fourth-order valence-electron chi connectivity index (χ4n) is 3.87. The predicted molar refractivity (Wildman–Crippen MR) is 90.9 cm³/mol. The molecule has 1 N–H and O–H groups in total. The molecule has 0 spiro atoms. The van der Waals surface area contributed by atoms with Crippen molar-refractivity contribution in [3.63, 3.8) is 0 Å².